The number of ether oxygens (including phenoxy) is 2. The maximum absolute atomic E-state index is 14.1. The van der Waals surface area contributed by atoms with Crippen molar-refractivity contribution in [2.24, 2.45) is 5.92 Å². The van der Waals surface area contributed by atoms with Gasteiger partial charge in [-0.25, -0.2) is 13.6 Å². The van der Waals surface area contributed by atoms with Crippen molar-refractivity contribution in [1.29, 1.82) is 0 Å². The molecule has 2 heterocycles. The lowest BCUT2D eigenvalue weighted by Crippen LogP contribution is -2.42. The minimum absolute atomic E-state index is 0.00714. The van der Waals surface area contributed by atoms with Gasteiger partial charge in [0.25, 0.3) is 5.91 Å². The van der Waals surface area contributed by atoms with Crippen LogP contribution in [0.4, 0.5) is 8.78 Å². The lowest BCUT2D eigenvalue weighted by atomic mass is 9.77. The lowest BCUT2D eigenvalue weighted by Gasteiger charge is -2.36. The van der Waals surface area contributed by atoms with Crippen molar-refractivity contribution in [3.63, 3.8) is 0 Å². The fourth-order valence-electron chi connectivity index (χ4n) is 5.08. The summed E-state index contributed by atoms with van der Waals surface area (Å²) in [5, 5.41) is 0. The van der Waals surface area contributed by atoms with Gasteiger partial charge in [0.05, 0.1) is 30.2 Å². The van der Waals surface area contributed by atoms with Gasteiger partial charge in [-0.15, -0.1) is 0 Å². The van der Waals surface area contributed by atoms with Gasteiger partial charge < -0.3 is 14.4 Å². The van der Waals surface area contributed by atoms with E-state index in [1.807, 2.05) is 0 Å². The molecule has 0 saturated heterocycles. The summed E-state index contributed by atoms with van der Waals surface area (Å²) in [7, 11) is 1.28. The van der Waals surface area contributed by atoms with Crippen molar-refractivity contribution in [2.75, 3.05) is 7.11 Å². The van der Waals surface area contributed by atoms with E-state index in [0.717, 1.165) is 0 Å². The van der Waals surface area contributed by atoms with Gasteiger partial charge in [-0.05, 0) is 54.7 Å². The highest BCUT2D eigenvalue weighted by Crippen LogP contribution is 2.47. The molecule has 1 saturated carbocycles. The van der Waals surface area contributed by atoms with Gasteiger partial charge in [0.2, 0.25) is 0 Å². The second kappa shape index (κ2) is 8.66. The summed E-state index contributed by atoms with van der Waals surface area (Å²) in [6, 6.07) is 11.5. The molecular weight excluding hydrogens is 444 g/mol. The first-order chi connectivity index (χ1) is 16.4. The Kier molecular flexibility index (Phi) is 5.67. The molecule has 1 fully saturated rings. The molecule has 3 aliphatic rings. The molecule has 0 N–H and O–H groups in total. The van der Waals surface area contributed by atoms with Gasteiger partial charge in [-0.3, -0.25) is 9.59 Å². The zero-order valence-electron chi connectivity index (χ0n) is 18.5. The molecule has 4 atom stereocenters. The molecule has 34 heavy (non-hydrogen) atoms. The number of fused-ring (bicyclic) bond motifs is 1. The van der Waals surface area contributed by atoms with Gasteiger partial charge in [-0.2, -0.15) is 0 Å². The summed E-state index contributed by atoms with van der Waals surface area (Å²) in [4.78, 5) is 40.4. The van der Waals surface area contributed by atoms with E-state index in [1.54, 1.807) is 36.4 Å². The SMILES string of the molecule is COC(=O)c1ccc(C2C3=C(OC4CCC(F)CC4C3=O)C(=O)N2Cc2ccc(F)cc2)cc1. The average Bonchev–Trinajstić information content (AvgIpc) is 3.12. The molecule has 2 aromatic carbocycles. The van der Waals surface area contributed by atoms with E-state index in [2.05, 4.69) is 0 Å². The molecule has 8 heteroatoms. The smallest absolute Gasteiger partial charge is 0.337 e. The van der Waals surface area contributed by atoms with E-state index in [0.29, 0.717) is 29.5 Å². The number of hydrogen-bond acceptors (Lipinski definition) is 5. The molecule has 0 aromatic heterocycles. The van der Waals surface area contributed by atoms with Gasteiger partial charge in [0.15, 0.2) is 11.5 Å². The number of carbonyl (C=O) groups excluding carboxylic acids is 3. The Morgan fingerprint density at radius 1 is 1.09 bits per heavy atom. The number of alkyl halides is 1. The zero-order chi connectivity index (χ0) is 24.0. The van der Waals surface area contributed by atoms with E-state index < -0.39 is 41.9 Å². The van der Waals surface area contributed by atoms with Crippen molar-refractivity contribution in [3.05, 3.63) is 82.4 Å². The third kappa shape index (κ3) is 3.77. The monoisotopic (exact) mass is 467 g/mol. The number of nitrogens with zero attached hydrogens (tertiary/aromatic N) is 1. The minimum Gasteiger partial charge on any atom is -0.483 e. The number of amides is 1. The molecule has 1 aliphatic carbocycles. The second-order valence-electron chi connectivity index (χ2n) is 8.86. The van der Waals surface area contributed by atoms with E-state index in [4.69, 9.17) is 9.47 Å². The van der Waals surface area contributed by atoms with Crippen molar-refractivity contribution in [1.82, 2.24) is 4.90 Å². The normalized spacial score (nSPS) is 26.1. The molecule has 176 valence electrons. The first-order valence-corrected chi connectivity index (χ1v) is 11.2. The lowest BCUT2D eigenvalue weighted by molar-refractivity contribution is -0.136. The summed E-state index contributed by atoms with van der Waals surface area (Å²) in [5.41, 5.74) is 1.83. The molecule has 4 unspecified atom stereocenters. The highest BCUT2D eigenvalue weighted by atomic mass is 19.1. The Morgan fingerprint density at radius 3 is 2.47 bits per heavy atom. The van der Waals surface area contributed by atoms with Crippen molar-refractivity contribution < 1.29 is 32.6 Å². The highest BCUT2D eigenvalue weighted by molar-refractivity contribution is 6.11. The van der Waals surface area contributed by atoms with Crippen LogP contribution >= 0.6 is 0 Å². The molecule has 1 amide bonds. The molecular formula is C26H23F2NO5. The van der Waals surface area contributed by atoms with Gasteiger partial charge in [0, 0.05) is 6.54 Å². The third-order valence-electron chi connectivity index (χ3n) is 6.79. The quantitative estimate of drug-likeness (QED) is 0.635. The van der Waals surface area contributed by atoms with Crippen LogP contribution in [0, 0.1) is 11.7 Å². The zero-order valence-corrected chi connectivity index (χ0v) is 18.5. The van der Waals surface area contributed by atoms with Crippen LogP contribution < -0.4 is 0 Å². The topological polar surface area (TPSA) is 72.9 Å². The molecule has 2 aromatic rings. The fraction of sp³-hybridized carbons (Fsp3) is 0.346. The molecule has 0 bridgehead atoms. The van der Waals surface area contributed by atoms with E-state index in [-0.39, 0.29) is 30.1 Å². The van der Waals surface area contributed by atoms with Gasteiger partial charge in [0.1, 0.15) is 18.1 Å². The third-order valence-corrected chi connectivity index (χ3v) is 6.79. The second-order valence-corrected chi connectivity index (χ2v) is 8.86. The van der Waals surface area contributed by atoms with Crippen LogP contribution in [0.25, 0.3) is 0 Å². The van der Waals surface area contributed by atoms with Crippen LogP contribution in [0.2, 0.25) is 0 Å². The van der Waals surface area contributed by atoms with Crippen LogP contribution in [0.3, 0.4) is 0 Å². The molecule has 2 aliphatic heterocycles. The summed E-state index contributed by atoms with van der Waals surface area (Å²) in [6.45, 7) is 0.118. The van der Waals surface area contributed by atoms with Crippen LogP contribution in [-0.4, -0.2) is 41.9 Å². The number of benzene rings is 2. The largest absolute Gasteiger partial charge is 0.483 e. The first kappa shape index (κ1) is 22.3. The number of ketones is 1. The van der Waals surface area contributed by atoms with E-state index >= 15 is 0 Å². The van der Waals surface area contributed by atoms with Crippen molar-refractivity contribution in [3.8, 4) is 0 Å². The first-order valence-electron chi connectivity index (χ1n) is 11.2. The number of hydrogen-bond donors (Lipinski definition) is 0. The van der Waals surface area contributed by atoms with E-state index in [9.17, 15) is 23.2 Å². The predicted octanol–water partition coefficient (Wildman–Crippen LogP) is 4.06. The summed E-state index contributed by atoms with van der Waals surface area (Å²) < 4.78 is 38.3. The van der Waals surface area contributed by atoms with Crippen molar-refractivity contribution >= 4 is 17.7 Å². The van der Waals surface area contributed by atoms with Crippen LogP contribution in [0.5, 0.6) is 0 Å². The number of carbonyl (C=O) groups is 3. The Morgan fingerprint density at radius 2 is 1.79 bits per heavy atom. The number of halogens is 2. The maximum atomic E-state index is 14.1. The fourth-order valence-corrected chi connectivity index (χ4v) is 5.08. The summed E-state index contributed by atoms with van der Waals surface area (Å²) in [6.07, 6.45) is -0.863. The number of esters is 1. The Balaban J connectivity index is 1.56. The van der Waals surface area contributed by atoms with Crippen molar-refractivity contribution in [2.45, 2.75) is 44.1 Å². The van der Waals surface area contributed by atoms with E-state index in [1.165, 1.54) is 24.1 Å². The summed E-state index contributed by atoms with van der Waals surface area (Å²) >= 11 is 0. The van der Waals surface area contributed by atoms with Crippen LogP contribution in [-0.2, 0) is 25.6 Å². The average molecular weight is 467 g/mol. The van der Waals surface area contributed by atoms with Gasteiger partial charge in [-0.1, -0.05) is 24.3 Å². The molecule has 5 rings (SSSR count). The Labute approximate surface area is 195 Å². The number of Topliss-reactive ketones (excluding diaryl/α,β-unsaturated/α-hetero) is 1. The molecule has 0 radical (unpaired) electrons. The molecule has 6 nitrogen and oxygen atoms in total. The minimum atomic E-state index is -1.08. The number of methoxy groups -OCH3 is 1. The van der Waals surface area contributed by atoms with Crippen LogP contribution in [0.1, 0.15) is 46.8 Å². The molecule has 0 spiro atoms. The van der Waals surface area contributed by atoms with Crippen LogP contribution in [0.15, 0.2) is 59.9 Å². The predicted molar refractivity (Wildman–Crippen MR) is 117 cm³/mol. The summed E-state index contributed by atoms with van der Waals surface area (Å²) in [5.74, 6) is -2.24. The number of rotatable bonds is 4. The van der Waals surface area contributed by atoms with Gasteiger partial charge >= 0.3 is 5.97 Å². The highest BCUT2D eigenvalue weighted by Gasteiger charge is 2.52. The standard InChI is InChI=1S/C26H23F2NO5/c1-33-26(32)16-6-4-15(5-7-16)22-21-23(30)19-12-18(28)10-11-20(19)34-24(21)25(31)29(22)13-14-2-8-17(27)9-3-14/h2-9,18-20,22H,10-13H2,1H3. The maximum Gasteiger partial charge on any atom is 0.337 e. The Hall–Kier alpha value is -3.55. The Bertz CT molecular complexity index is 1170.